The number of nitrogens with zero attached hydrogens (tertiary/aromatic N) is 2. The van der Waals surface area contributed by atoms with E-state index >= 15 is 0 Å². The molecule has 4 heteroatoms. The van der Waals surface area contributed by atoms with Crippen molar-refractivity contribution in [1.29, 1.82) is 0 Å². The summed E-state index contributed by atoms with van der Waals surface area (Å²) in [6.45, 7) is 0.855. The summed E-state index contributed by atoms with van der Waals surface area (Å²) in [6, 6.07) is 12.0. The number of likely N-dealkylation sites (tertiary alicyclic amines) is 1. The monoisotopic (exact) mass is 310 g/mol. The Morgan fingerprint density at radius 1 is 1.09 bits per heavy atom. The molecule has 0 N–H and O–H groups in total. The van der Waals surface area contributed by atoms with Gasteiger partial charge in [-0.05, 0) is 31.6 Å². The van der Waals surface area contributed by atoms with Gasteiger partial charge in [-0.1, -0.05) is 48.3 Å². The second-order valence-corrected chi connectivity index (χ2v) is 6.70. The molecular formula is C19H22N2O2. The Balaban J connectivity index is 1.56. The first-order valence-electron chi connectivity index (χ1n) is 8.66. The van der Waals surface area contributed by atoms with Crippen molar-refractivity contribution in [3.05, 3.63) is 42.1 Å². The smallest absolute Gasteiger partial charge is 0.276 e. The molecule has 4 nitrogen and oxygen atoms in total. The lowest BCUT2D eigenvalue weighted by Crippen LogP contribution is -2.49. The van der Waals surface area contributed by atoms with E-state index in [9.17, 15) is 4.79 Å². The zero-order valence-corrected chi connectivity index (χ0v) is 13.3. The topological polar surface area (TPSA) is 46.3 Å². The highest BCUT2D eigenvalue weighted by Crippen LogP contribution is 2.36. The highest BCUT2D eigenvalue weighted by Gasteiger charge is 2.36. The Labute approximate surface area is 136 Å². The van der Waals surface area contributed by atoms with E-state index < -0.39 is 0 Å². The van der Waals surface area contributed by atoms with Crippen LogP contribution >= 0.6 is 0 Å². The molecule has 1 saturated carbocycles. The molecule has 4 rings (SSSR count). The summed E-state index contributed by atoms with van der Waals surface area (Å²) in [5.74, 6) is 1.38. The quantitative estimate of drug-likeness (QED) is 0.837. The van der Waals surface area contributed by atoms with Crippen molar-refractivity contribution in [3.63, 3.8) is 0 Å². The zero-order chi connectivity index (χ0) is 15.6. The molecule has 23 heavy (non-hydrogen) atoms. The lowest BCUT2D eigenvalue weighted by atomic mass is 9.78. The largest absolute Gasteiger partial charge is 0.355 e. The van der Waals surface area contributed by atoms with Crippen molar-refractivity contribution in [2.75, 3.05) is 6.54 Å². The first-order chi connectivity index (χ1) is 11.3. The predicted octanol–water partition coefficient (Wildman–Crippen LogP) is 4.14. The van der Waals surface area contributed by atoms with Crippen LogP contribution < -0.4 is 0 Å². The Morgan fingerprint density at radius 2 is 1.87 bits per heavy atom. The summed E-state index contributed by atoms with van der Waals surface area (Å²) < 4.78 is 5.40. The van der Waals surface area contributed by atoms with Gasteiger partial charge < -0.3 is 9.42 Å². The number of rotatable bonds is 2. The second-order valence-electron chi connectivity index (χ2n) is 6.70. The summed E-state index contributed by atoms with van der Waals surface area (Å²) in [7, 11) is 0. The summed E-state index contributed by atoms with van der Waals surface area (Å²) in [4.78, 5) is 15.0. The summed E-state index contributed by atoms with van der Waals surface area (Å²) >= 11 is 0. The zero-order valence-electron chi connectivity index (χ0n) is 13.3. The van der Waals surface area contributed by atoms with Gasteiger partial charge in [-0.3, -0.25) is 4.79 Å². The molecule has 1 aliphatic carbocycles. The van der Waals surface area contributed by atoms with E-state index in [2.05, 4.69) is 10.1 Å². The molecule has 0 radical (unpaired) electrons. The van der Waals surface area contributed by atoms with Gasteiger partial charge in [-0.2, -0.15) is 0 Å². The third-order valence-corrected chi connectivity index (χ3v) is 5.29. The van der Waals surface area contributed by atoms with Crippen LogP contribution in [0.4, 0.5) is 0 Å². The number of hydrogen-bond donors (Lipinski definition) is 0. The van der Waals surface area contributed by atoms with Gasteiger partial charge in [0, 0.05) is 24.2 Å². The van der Waals surface area contributed by atoms with Crippen molar-refractivity contribution in [3.8, 4) is 11.3 Å². The summed E-state index contributed by atoms with van der Waals surface area (Å²) in [6.07, 6.45) is 7.32. The maximum Gasteiger partial charge on any atom is 0.276 e. The Morgan fingerprint density at radius 3 is 2.74 bits per heavy atom. The first kappa shape index (κ1) is 14.5. The SMILES string of the molecule is O=C(c1cc(-c2ccccc2)on1)N1CCC[C@H]2CCCC[C@@H]21. The third-order valence-electron chi connectivity index (χ3n) is 5.29. The van der Waals surface area contributed by atoms with Crippen LogP contribution in [-0.4, -0.2) is 28.6 Å². The van der Waals surface area contributed by atoms with E-state index in [0.717, 1.165) is 24.9 Å². The number of aromatic nitrogens is 1. The molecule has 0 bridgehead atoms. The van der Waals surface area contributed by atoms with Crippen molar-refractivity contribution in [2.24, 2.45) is 5.92 Å². The molecule has 0 unspecified atom stereocenters. The molecule has 1 amide bonds. The molecule has 1 aromatic carbocycles. The molecule has 0 spiro atoms. The molecule has 120 valence electrons. The van der Waals surface area contributed by atoms with Gasteiger partial charge in [-0.15, -0.1) is 0 Å². The standard InChI is InChI=1S/C19H22N2O2/c22-19(21-12-6-10-14-7-4-5-11-17(14)21)16-13-18(23-20-16)15-8-2-1-3-9-15/h1-3,8-9,13-14,17H,4-7,10-12H2/t14-,17+/m1/s1. The maximum absolute atomic E-state index is 12.9. The lowest BCUT2D eigenvalue weighted by molar-refractivity contribution is 0.0381. The minimum atomic E-state index is 0.0348. The van der Waals surface area contributed by atoms with Crippen LogP contribution in [0.1, 0.15) is 49.0 Å². The number of hydrogen-bond acceptors (Lipinski definition) is 3. The molecule has 2 aliphatic rings. The van der Waals surface area contributed by atoms with E-state index in [-0.39, 0.29) is 5.91 Å². The van der Waals surface area contributed by atoms with E-state index in [0.29, 0.717) is 23.4 Å². The molecular weight excluding hydrogens is 288 g/mol. The fourth-order valence-electron chi connectivity index (χ4n) is 4.14. The van der Waals surface area contributed by atoms with Crippen LogP contribution in [0.15, 0.2) is 40.9 Å². The molecule has 1 saturated heterocycles. The van der Waals surface area contributed by atoms with Crippen molar-refractivity contribution in [2.45, 2.75) is 44.6 Å². The number of carbonyl (C=O) groups is 1. The number of carbonyl (C=O) groups excluding carboxylic acids is 1. The van der Waals surface area contributed by atoms with Crippen LogP contribution in [0.3, 0.4) is 0 Å². The fraction of sp³-hybridized carbons (Fsp3) is 0.474. The van der Waals surface area contributed by atoms with Gasteiger partial charge in [-0.25, -0.2) is 0 Å². The van der Waals surface area contributed by atoms with Crippen molar-refractivity contribution in [1.82, 2.24) is 10.1 Å². The third kappa shape index (κ3) is 2.78. The minimum Gasteiger partial charge on any atom is -0.355 e. The van der Waals surface area contributed by atoms with Gasteiger partial charge in [0.05, 0.1) is 0 Å². The summed E-state index contributed by atoms with van der Waals surface area (Å²) in [5.41, 5.74) is 1.39. The number of fused-ring (bicyclic) bond motifs is 1. The van der Waals surface area contributed by atoms with E-state index in [1.54, 1.807) is 6.07 Å². The number of benzene rings is 1. The molecule has 2 heterocycles. The first-order valence-corrected chi connectivity index (χ1v) is 8.66. The van der Waals surface area contributed by atoms with Gasteiger partial charge in [0.1, 0.15) is 0 Å². The Kier molecular flexibility index (Phi) is 3.90. The fourth-order valence-corrected chi connectivity index (χ4v) is 4.14. The van der Waals surface area contributed by atoms with E-state index in [1.165, 1.54) is 25.7 Å². The van der Waals surface area contributed by atoms with Crippen LogP contribution in [0.5, 0.6) is 0 Å². The van der Waals surface area contributed by atoms with E-state index in [1.807, 2.05) is 30.3 Å². The normalized spacial score (nSPS) is 24.3. The van der Waals surface area contributed by atoms with Crippen LogP contribution in [-0.2, 0) is 0 Å². The van der Waals surface area contributed by atoms with Gasteiger partial charge >= 0.3 is 0 Å². The van der Waals surface area contributed by atoms with Gasteiger partial charge in [0.15, 0.2) is 11.5 Å². The molecule has 2 aromatic rings. The minimum absolute atomic E-state index is 0.0348. The Bertz CT molecular complexity index is 678. The number of amides is 1. The van der Waals surface area contributed by atoms with E-state index in [4.69, 9.17) is 4.52 Å². The lowest BCUT2D eigenvalue weighted by Gasteiger charge is -2.43. The highest BCUT2D eigenvalue weighted by molar-refractivity contribution is 5.93. The number of piperidine rings is 1. The summed E-state index contributed by atoms with van der Waals surface area (Å²) in [5, 5.41) is 4.04. The Hall–Kier alpha value is -2.10. The van der Waals surface area contributed by atoms with Crippen molar-refractivity contribution >= 4 is 5.91 Å². The average molecular weight is 310 g/mol. The maximum atomic E-state index is 12.9. The molecule has 2 fully saturated rings. The van der Waals surface area contributed by atoms with Gasteiger partial charge in [0.2, 0.25) is 0 Å². The predicted molar refractivity (Wildman–Crippen MR) is 88.0 cm³/mol. The van der Waals surface area contributed by atoms with Crippen molar-refractivity contribution < 1.29 is 9.32 Å². The van der Waals surface area contributed by atoms with Crippen LogP contribution in [0.2, 0.25) is 0 Å². The van der Waals surface area contributed by atoms with Crippen LogP contribution in [0.25, 0.3) is 11.3 Å². The van der Waals surface area contributed by atoms with Crippen LogP contribution in [0, 0.1) is 5.92 Å². The highest BCUT2D eigenvalue weighted by atomic mass is 16.5. The molecule has 2 atom stereocenters. The average Bonchev–Trinajstić information content (AvgIpc) is 3.11. The van der Waals surface area contributed by atoms with Gasteiger partial charge in [0.25, 0.3) is 5.91 Å². The molecule has 1 aliphatic heterocycles. The second kappa shape index (κ2) is 6.19. The molecule has 1 aromatic heterocycles.